The van der Waals surface area contributed by atoms with Crippen molar-refractivity contribution in [2.45, 2.75) is 94.9 Å². The Labute approximate surface area is 393 Å². The maximum Gasteiger partial charge on any atom is 0.410 e. The quantitative estimate of drug-likeness (QED) is 0.128. The lowest BCUT2D eigenvalue weighted by Crippen LogP contribution is -2.45. The molecule has 21 heteroatoms. The number of carbonyl (C=O) groups is 4. The average molecular weight is 972 g/mol. The molecule has 6 atom stereocenters. The normalized spacial score (nSPS) is 22.1. The van der Waals surface area contributed by atoms with Gasteiger partial charge in [0, 0.05) is 62.7 Å². The topological polar surface area (TPSA) is 198 Å². The summed E-state index contributed by atoms with van der Waals surface area (Å²) in [5.74, 6) is -6.28. The van der Waals surface area contributed by atoms with E-state index in [1.165, 1.54) is 14.4 Å². The molecule has 0 radical (unpaired) electrons. The number of nitrogens with zero attached hydrogens (tertiary/aromatic N) is 3. The molecule has 4 aliphatic rings. The van der Waals surface area contributed by atoms with Crippen molar-refractivity contribution in [2.75, 3.05) is 39.3 Å². The van der Waals surface area contributed by atoms with Gasteiger partial charge in [-0.15, -0.1) is 0 Å². The Balaban J connectivity index is 0.000000192. The van der Waals surface area contributed by atoms with Gasteiger partial charge in [0.25, 0.3) is 11.8 Å². The molecule has 3 unspecified atom stereocenters. The van der Waals surface area contributed by atoms with Crippen LogP contribution in [0, 0.1) is 17.5 Å². The Morgan fingerprint density at radius 1 is 0.754 bits per heavy atom. The van der Waals surface area contributed by atoms with Crippen molar-refractivity contribution in [1.82, 2.24) is 30.3 Å². The second-order valence-corrected chi connectivity index (χ2v) is 17.2. The summed E-state index contributed by atoms with van der Waals surface area (Å²) in [7, 11) is 0. The highest BCUT2D eigenvalue weighted by molar-refractivity contribution is 5.99. The smallest absolute Gasteiger partial charge is 0.410 e. The van der Waals surface area contributed by atoms with Crippen LogP contribution in [0.1, 0.15) is 82.1 Å². The Bertz CT molecular complexity index is 2420. The second-order valence-electron chi connectivity index (χ2n) is 17.2. The Morgan fingerprint density at radius 3 is 2.03 bits per heavy atom. The Hall–Kier alpha value is -6.61. The number of benzene rings is 3. The first-order valence-corrected chi connectivity index (χ1v) is 22.6. The van der Waals surface area contributed by atoms with Gasteiger partial charge in [-0.05, 0) is 49.7 Å². The number of ether oxygens (including phenoxy) is 2. The van der Waals surface area contributed by atoms with Crippen LogP contribution in [0.15, 0.2) is 83.8 Å². The summed E-state index contributed by atoms with van der Waals surface area (Å²) in [5.41, 5.74) is 4.66. The van der Waals surface area contributed by atoms with Gasteiger partial charge in [0.1, 0.15) is 54.7 Å². The third kappa shape index (κ3) is 14.7. The number of pyridine rings is 1. The SMILES string of the molecule is N[C@H]1CCC(F)CNC1.O=C(NCc1c(F)cc(F)cc1F)c1cn2c(c(O)c1=O)C(=O)N1CC(F)CC[C@H]2C1.O=C(N[C@H]1CCC(F)CN(C(=O)OCc2ccccc2)C1)OCc1ccccc1. The van der Waals surface area contributed by atoms with Gasteiger partial charge in [0.05, 0.1) is 25.2 Å². The average Bonchev–Trinajstić information content (AvgIpc) is 3.73. The van der Waals surface area contributed by atoms with Gasteiger partial charge in [0.15, 0.2) is 11.4 Å². The summed E-state index contributed by atoms with van der Waals surface area (Å²) >= 11 is 0. The standard InChI is InChI=1S/C22H25FN2O4.C20H17F4N3O4.C6H13FN2/c23-19-11-12-20(24-21(26)28-15-17-7-3-1-4-8-17)14-25(13-19)22(27)29-16-18-9-5-2-6-10-18;21-9-1-2-11-7-26(6-9)20(31)16-18(29)17(28)13(8-27(11)16)19(30)25-5-12-14(23)3-10(22)4-15(12)24;7-5-1-2-6(8)4-9-3-5/h1-10,19-20H,11-16H2,(H,24,26);3-4,8-9,11,29H,1-2,5-7H2,(H,25,30);5-6,9H,1-4,8H2/t19?,20-;9?,11-;5?,6-/m000/s1. The molecular formula is C48H55F6N7O8. The number of alkyl halides is 3. The third-order valence-corrected chi connectivity index (χ3v) is 11.8. The van der Waals surface area contributed by atoms with Gasteiger partial charge >= 0.3 is 12.2 Å². The second kappa shape index (κ2) is 24.6. The minimum Gasteiger partial charge on any atom is -0.503 e. The Kier molecular flexibility index (Phi) is 18.5. The maximum atomic E-state index is 14.1. The molecule has 0 saturated carbocycles. The van der Waals surface area contributed by atoms with E-state index < -0.39 is 101 Å². The zero-order valence-electron chi connectivity index (χ0n) is 37.6. The summed E-state index contributed by atoms with van der Waals surface area (Å²) < 4.78 is 92.9. The van der Waals surface area contributed by atoms with Crippen LogP contribution >= 0.6 is 0 Å². The predicted octanol–water partition coefficient (Wildman–Crippen LogP) is 6.12. The van der Waals surface area contributed by atoms with E-state index in [4.69, 9.17) is 15.2 Å². The summed E-state index contributed by atoms with van der Waals surface area (Å²) in [4.78, 5) is 64.7. The van der Waals surface area contributed by atoms with E-state index in [0.29, 0.717) is 37.9 Å². The van der Waals surface area contributed by atoms with E-state index >= 15 is 0 Å². The first-order chi connectivity index (χ1) is 33.1. The largest absolute Gasteiger partial charge is 0.503 e. The fourth-order valence-electron chi connectivity index (χ4n) is 8.13. The molecular weight excluding hydrogens is 917 g/mol. The fourth-order valence-corrected chi connectivity index (χ4v) is 8.13. The lowest BCUT2D eigenvalue weighted by atomic mass is 10.1. The van der Waals surface area contributed by atoms with Crippen LogP contribution < -0.4 is 27.1 Å². The number of nitrogens with one attached hydrogen (secondary N) is 3. The van der Waals surface area contributed by atoms with Crippen molar-refractivity contribution in [3.05, 3.63) is 135 Å². The molecule has 0 spiro atoms. The highest BCUT2D eigenvalue weighted by Gasteiger charge is 2.39. The van der Waals surface area contributed by atoms with Crippen molar-refractivity contribution < 1.29 is 60.1 Å². The summed E-state index contributed by atoms with van der Waals surface area (Å²) in [6, 6.07) is 18.8. The van der Waals surface area contributed by atoms with Crippen LogP contribution in [0.25, 0.3) is 0 Å². The maximum absolute atomic E-state index is 14.1. The lowest BCUT2D eigenvalue weighted by molar-refractivity contribution is 0.0646. The van der Waals surface area contributed by atoms with Crippen molar-refractivity contribution in [1.29, 1.82) is 0 Å². The summed E-state index contributed by atoms with van der Waals surface area (Å²) in [5, 5.41) is 18.2. The number of likely N-dealkylation sites (tertiary alicyclic amines) is 1. The summed E-state index contributed by atoms with van der Waals surface area (Å²) in [6.45, 7) is 0.950. The highest BCUT2D eigenvalue weighted by Crippen LogP contribution is 2.32. The van der Waals surface area contributed by atoms with Crippen LogP contribution in [0.4, 0.5) is 35.9 Å². The Morgan fingerprint density at radius 2 is 1.36 bits per heavy atom. The van der Waals surface area contributed by atoms with E-state index in [9.17, 15) is 55.4 Å². The molecule has 3 aromatic carbocycles. The van der Waals surface area contributed by atoms with E-state index in [0.717, 1.165) is 30.3 Å². The highest BCUT2D eigenvalue weighted by atomic mass is 19.2. The first kappa shape index (κ1) is 51.8. The van der Waals surface area contributed by atoms with Crippen molar-refractivity contribution in [3.8, 4) is 5.75 Å². The number of aromatic nitrogens is 1. The molecule has 6 N–H and O–H groups in total. The molecule has 1 aromatic heterocycles. The van der Waals surface area contributed by atoms with Gasteiger partial charge in [-0.3, -0.25) is 14.4 Å². The van der Waals surface area contributed by atoms with Crippen molar-refractivity contribution in [2.24, 2.45) is 5.73 Å². The summed E-state index contributed by atoms with van der Waals surface area (Å²) in [6.07, 6.45) is -0.609. The molecule has 8 rings (SSSR count). The lowest BCUT2D eigenvalue weighted by Gasteiger charge is -2.34. The monoisotopic (exact) mass is 971 g/mol. The van der Waals surface area contributed by atoms with Crippen LogP contribution in [0.5, 0.6) is 5.75 Å². The number of alkyl carbamates (subject to hydrolysis) is 1. The van der Waals surface area contributed by atoms with E-state index in [1.807, 2.05) is 60.7 Å². The molecule has 3 fully saturated rings. The van der Waals surface area contributed by atoms with Crippen LogP contribution in [0.2, 0.25) is 0 Å². The number of nitrogens with two attached hydrogens (primary N) is 1. The zero-order valence-corrected chi connectivity index (χ0v) is 37.6. The molecule has 2 bridgehead atoms. The van der Waals surface area contributed by atoms with E-state index in [1.54, 1.807) is 0 Å². The number of aromatic hydroxyl groups is 1. The van der Waals surface area contributed by atoms with Gasteiger partial charge < -0.3 is 50.6 Å². The van der Waals surface area contributed by atoms with Gasteiger partial charge in [-0.25, -0.2) is 35.9 Å². The van der Waals surface area contributed by atoms with Crippen LogP contribution in [-0.2, 0) is 29.2 Å². The molecule has 15 nitrogen and oxygen atoms in total. The molecule has 4 amide bonds. The van der Waals surface area contributed by atoms with Crippen LogP contribution in [-0.4, -0.2) is 113 Å². The number of hydrogen-bond donors (Lipinski definition) is 5. The molecule has 0 aliphatic carbocycles. The minimum atomic E-state index is -1.25. The number of halogens is 6. The van der Waals surface area contributed by atoms with E-state index in [2.05, 4.69) is 16.0 Å². The molecule has 372 valence electrons. The minimum absolute atomic E-state index is 0.0507. The van der Waals surface area contributed by atoms with Gasteiger partial charge in [0.2, 0.25) is 5.43 Å². The van der Waals surface area contributed by atoms with Crippen molar-refractivity contribution >= 4 is 24.0 Å². The number of carbonyl (C=O) groups excluding carboxylic acids is 4. The number of amides is 4. The molecule has 3 saturated heterocycles. The van der Waals surface area contributed by atoms with E-state index in [-0.39, 0.29) is 64.0 Å². The fraction of sp³-hybridized carbons (Fsp3) is 0.438. The predicted molar refractivity (Wildman–Crippen MR) is 240 cm³/mol. The molecule has 4 aromatic rings. The van der Waals surface area contributed by atoms with Gasteiger partial charge in [-0.2, -0.15) is 0 Å². The molecule has 5 heterocycles. The zero-order chi connectivity index (χ0) is 49.6. The number of fused-ring (bicyclic) bond motifs is 4. The van der Waals surface area contributed by atoms with Crippen molar-refractivity contribution in [3.63, 3.8) is 0 Å². The molecule has 4 aliphatic heterocycles. The van der Waals surface area contributed by atoms with Gasteiger partial charge in [-0.1, -0.05) is 60.7 Å². The number of hydrogen-bond acceptors (Lipinski definition) is 10. The number of rotatable bonds is 8. The first-order valence-electron chi connectivity index (χ1n) is 22.6. The third-order valence-electron chi connectivity index (χ3n) is 11.8. The van der Waals surface area contributed by atoms with Crippen LogP contribution in [0.3, 0.4) is 0 Å². The molecule has 69 heavy (non-hydrogen) atoms.